The summed E-state index contributed by atoms with van der Waals surface area (Å²) in [5, 5.41) is 0. The van der Waals surface area contributed by atoms with Crippen LogP contribution in [-0.2, 0) is 9.47 Å². The number of allylic oxidation sites excluding steroid dienone is 1. The van der Waals surface area contributed by atoms with Gasteiger partial charge in [-0.1, -0.05) is 6.08 Å². The Morgan fingerprint density at radius 3 is 2.18 bits per heavy atom. The fourth-order valence-corrected chi connectivity index (χ4v) is 0.704. The van der Waals surface area contributed by atoms with E-state index in [0.717, 1.165) is 5.57 Å². The van der Waals surface area contributed by atoms with Crippen LogP contribution in [0.25, 0.3) is 0 Å². The lowest BCUT2D eigenvalue weighted by Crippen LogP contribution is -2.44. The van der Waals surface area contributed by atoms with E-state index in [-0.39, 0.29) is 6.61 Å². The molecule has 0 aromatic heterocycles. The van der Waals surface area contributed by atoms with Crippen molar-refractivity contribution in [1.82, 2.24) is 10.9 Å². The SMILES string of the molecule is C/C=C(\C)COC(=O)NNC(=O)OC(C)(C)C. The van der Waals surface area contributed by atoms with Crippen molar-refractivity contribution in [3.8, 4) is 0 Å². The van der Waals surface area contributed by atoms with Crippen LogP contribution in [0, 0.1) is 0 Å². The minimum atomic E-state index is -0.739. The Morgan fingerprint density at radius 1 is 1.18 bits per heavy atom. The Bertz CT molecular complexity index is 305. The van der Waals surface area contributed by atoms with Crippen LogP contribution in [0.3, 0.4) is 0 Å². The molecule has 0 heterocycles. The van der Waals surface area contributed by atoms with Gasteiger partial charge < -0.3 is 9.47 Å². The van der Waals surface area contributed by atoms with Crippen molar-refractivity contribution < 1.29 is 19.1 Å². The normalized spacial score (nSPS) is 11.7. The van der Waals surface area contributed by atoms with Gasteiger partial charge in [-0.25, -0.2) is 20.4 Å². The van der Waals surface area contributed by atoms with E-state index in [0.29, 0.717) is 0 Å². The number of carbonyl (C=O) groups excluding carboxylic acids is 2. The van der Waals surface area contributed by atoms with Crippen LogP contribution in [0.4, 0.5) is 9.59 Å². The highest BCUT2D eigenvalue weighted by atomic mass is 16.6. The molecule has 6 heteroatoms. The van der Waals surface area contributed by atoms with Crippen molar-refractivity contribution in [3.05, 3.63) is 11.6 Å². The molecule has 2 N–H and O–H groups in total. The van der Waals surface area contributed by atoms with Crippen LogP contribution in [0.5, 0.6) is 0 Å². The van der Waals surface area contributed by atoms with Crippen molar-refractivity contribution in [2.75, 3.05) is 6.61 Å². The zero-order valence-corrected chi connectivity index (χ0v) is 10.9. The summed E-state index contributed by atoms with van der Waals surface area (Å²) in [6, 6.07) is 0. The van der Waals surface area contributed by atoms with E-state index in [1.54, 1.807) is 20.8 Å². The van der Waals surface area contributed by atoms with Gasteiger partial charge in [-0.05, 0) is 40.2 Å². The molecule has 0 unspecified atom stereocenters. The van der Waals surface area contributed by atoms with Gasteiger partial charge in [-0.3, -0.25) is 0 Å². The van der Waals surface area contributed by atoms with Crippen molar-refractivity contribution in [2.24, 2.45) is 0 Å². The van der Waals surface area contributed by atoms with E-state index in [9.17, 15) is 9.59 Å². The van der Waals surface area contributed by atoms with Crippen molar-refractivity contribution >= 4 is 12.2 Å². The molecule has 0 radical (unpaired) electrons. The quantitative estimate of drug-likeness (QED) is 0.576. The second-order valence-electron chi connectivity index (χ2n) is 4.46. The summed E-state index contributed by atoms with van der Waals surface area (Å²) < 4.78 is 9.69. The molecule has 2 amide bonds. The standard InChI is InChI=1S/C11H20N2O4/c1-6-8(2)7-16-9(14)12-13-10(15)17-11(3,4)5/h6H,7H2,1-5H3,(H,12,14)(H,13,15)/b8-6+. The van der Waals surface area contributed by atoms with Crippen LogP contribution in [0.1, 0.15) is 34.6 Å². The Balaban J connectivity index is 3.81. The number of rotatable bonds is 2. The lowest BCUT2D eigenvalue weighted by atomic mass is 10.2. The number of hydrogen-bond donors (Lipinski definition) is 2. The van der Waals surface area contributed by atoms with Crippen LogP contribution >= 0.6 is 0 Å². The minimum absolute atomic E-state index is 0.179. The molecule has 0 fully saturated rings. The molecule has 17 heavy (non-hydrogen) atoms. The second kappa shape index (κ2) is 6.78. The Morgan fingerprint density at radius 2 is 1.71 bits per heavy atom. The Kier molecular flexibility index (Phi) is 6.09. The van der Waals surface area contributed by atoms with Crippen LogP contribution in [0.15, 0.2) is 11.6 Å². The molecule has 0 bridgehead atoms. The van der Waals surface area contributed by atoms with Crippen molar-refractivity contribution in [1.29, 1.82) is 0 Å². The zero-order chi connectivity index (χ0) is 13.5. The number of carbonyl (C=O) groups is 2. The third-order valence-electron chi connectivity index (χ3n) is 1.59. The van der Waals surface area contributed by atoms with Gasteiger partial charge in [0.15, 0.2) is 0 Å². The highest BCUT2D eigenvalue weighted by Crippen LogP contribution is 2.05. The van der Waals surface area contributed by atoms with Gasteiger partial charge >= 0.3 is 12.2 Å². The maximum Gasteiger partial charge on any atom is 0.426 e. The van der Waals surface area contributed by atoms with Crippen molar-refractivity contribution in [3.63, 3.8) is 0 Å². The lowest BCUT2D eigenvalue weighted by molar-refractivity contribution is 0.0488. The monoisotopic (exact) mass is 244 g/mol. The topological polar surface area (TPSA) is 76.7 Å². The first-order chi connectivity index (χ1) is 7.74. The molecule has 98 valence electrons. The molecule has 0 aliphatic carbocycles. The maximum atomic E-state index is 11.1. The summed E-state index contributed by atoms with van der Waals surface area (Å²) in [4.78, 5) is 22.2. The summed E-state index contributed by atoms with van der Waals surface area (Å²) in [6.07, 6.45) is 0.350. The van der Waals surface area contributed by atoms with Gasteiger partial charge in [0.05, 0.1) is 0 Å². The summed E-state index contributed by atoms with van der Waals surface area (Å²) in [6.45, 7) is 9.02. The van der Waals surface area contributed by atoms with Gasteiger partial charge in [0.2, 0.25) is 0 Å². The molecule has 0 aromatic rings. The van der Waals surface area contributed by atoms with Crippen LogP contribution in [-0.4, -0.2) is 24.4 Å². The smallest absolute Gasteiger partial charge is 0.426 e. The predicted octanol–water partition coefficient (Wildman–Crippen LogP) is 2.12. The molecule has 0 atom stereocenters. The molecule has 0 aromatic carbocycles. The number of hydrazine groups is 1. The molecular formula is C11H20N2O4. The van der Waals surface area contributed by atoms with Crippen LogP contribution < -0.4 is 10.9 Å². The summed E-state index contributed by atoms with van der Waals surface area (Å²) in [5.41, 5.74) is 4.45. The first kappa shape index (κ1) is 15.3. The van der Waals surface area contributed by atoms with E-state index in [1.165, 1.54) is 0 Å². The van der Waals surface area contributed by atoms with Gasteiger partial charge in [-0.2, -0.15) is 0 Å². The van der Waals surface area contributed by atoms with Gasteiger partial charge in [-0.15, -0.1) is 0 Å². The van der Waals surface area contributed by atoms with Gasteiger partial charge in [0.1, 0.15) is 12.2 Å². The number of amides is 2. The van der Waals surface area contributed by atoms with Gasteiger partial charge in [0, 0.05) is 0 Å². The molecule has 0 aliphatic heterocycles. The summed E-state index contributed by atoms with van der Waals surface area (Å²) >= 11 is 0. The number of nitrogens with one attached hydrogen (secondary N) is 2. The van der Waals surface area contributed by atoms with E-state index >= 15 is 0 Å². The third kappa shape index (κ3) is 9.22. The zero-order valence-electron chi connectivity index (χ0n) is 10.9. The molecule has 0 aliphatic rings. The predicted molar refractivity (Wildman–Crippen MR) is 63.3 cm³/mol. The highest BCUT2D eigenvalue weighted by Gasteiger charge is 2.16. The summed E-state index contributed by atoms with van der Waals surface area (Å²) in [7, 11) is 0. The fraction of sp³-hybridized carbons (Fsp3) is 0.636. The average Bonchev–Trinajstić information content (AvgIpc) is 2.20. The van der Waals surface area contributed by atoms with Crippen molar-refractivity contribution in [2.45, 2.75) is 40.2 Å². The Labute approximate surface area is 101 Å². The second-order valence-corrected chi connectivity index (χ2v) is 4.46. The Hall–Kier alpha value is -1.72. The molecule has 0 saturated carbocycles. The summed E-state index contributed by atoms with van der Waals surface area (Å²) in [5.74, 6) is 0. The molecule has 6 nitrogen and oxygen atoms in total. The lowest BCUT2D eigenvalue weighted by Gasteiger charge is -2.19. The van der Waals surface area contributed by atoms with E-state index in [4.69, 9.17) is 9.47 Å². The molecule has 0 saturated heterocycles. The van der Waals surface area contributed by atoms with E-state index < -0.39 is 17.8 Å². The largest absolute Gasteiger partial charge is 0.444 e. The first-order valence-electron chi connectivity index (χ1n) is 5.28. The van der Waals surface area contributed by atoms with Gasteiger partial charge in [0.25, 0.3) is 0 Å². The first-order valence-corrected chi connectivity index (χ1v) is 5.28. The highest BCUT2D eigenvalue weighted by molar-refractivity contribution is 5.73. The fourth-order valence-electron chi connectivity index (χ4n) is 0.704. The number of hydrogen-bond acceptors (Lipinski definition) is 4. The third-order valence-corrected chi connectivity index (χ3v) is 1.59. The molecule has 0 rings (SSSR count). The maximum absolute atomic E-state index is 11.1. The van der Waals surface area contributed by atoms with Crippen LogP contribution in [0.2, 0.25) is 0 Å². The van der Waals surface area contributed by atoms with E-state index in [1.807, 2.05) is 19.9 Å². The molecular weight excluding hydrogens is 224 g/mol. The number of ether oxygens (including phenoxy) is 2. The molecule has 0 spiro atoms. The average molecular weight is 244 g/mol. The minimum Gasteiger partial charge on any atom is -0.444 e. The van der Waals surface area contributed by atoms with E-state index in [2.05, 4.69) is 10.9 Å².